The summed E-state index contributed by atoms with van der Waals surface area (Å²) in [5.74, 6) is -0.447. The van der Waals surface area contributed by atoms with E-state index in [4.69, 9.17) is 0 Å². The Kier molecular flexibility index (Phi) is 6.20. The molecular formula is C20H29FN2O2. The van der Waals surface area contributed by atoms with E-state index in [1.807, 2.05) is 27.7 Å². The van der Waals surface area contributed by atoms with Gasteiger partial charge in [-0.3, -0.25) is 9.59 Å². The van der Waals surface area contributed by atoms with Crippen molar-refractivity contribution in [2.45, 2.75) is 46.0 Å². The van der Waals surface area contributed by atoms with Crippen LogP contribution in [0.15, 0.2) is 24.3 Å². The molecule has 1 heterocycles. The van der Waals surface area contributed by atoms with Crippen LogP contribution in [0.5, 0.6) is 0 Å². The number of halogens is 1. The number of carbonyl (C=O) groups excluding carboxylic acids is 2. The van der Waals surface area contributed by atoms with Crippen molar-refractivity contribution in [3.05, 3.63) is 35.6 Å². The van der Waals surface area contributed by atoms with Gasteiger partial charge in [-0.05, 0) is 24.5 Å². The normalized spacial score (nSPS) is 18.3. The van der Waals surface area contributed by atoms with Gasteiger partial charge < -0.3 is 10.2 Å². The number of hydrogen-bond donors (Lipinski definition) is 1. The molecule has 1 fully saturated rings. The van der Waals surface area contributed by atoms with Crippen LogP contribution in [-0.4, -0.2) is 36.3 Å². The van der Waals surface area contributed by atoms with Crippen LogP contribution in [0.2, 0.25) is 0 Å². The Hall–Kier alpha value is -1.91. The molecule has 138 valence electrons. The summed E-state index contributed by atoms with van der Waals surface area (Å²) < 4.78 is 14.0. The SMILES string of the molecule is CC(C)C(=O)N1CCC[C@@H](C(=O)NCC(C)(C)c2ccccc2F)C1. The molecule has 0 saturated carbocycles. The van der Waals surface area contributed by atoms with E-state index in [-0.39, 0.29) is 29.5 Å². The summed E-state index contributed by atoms with van der Waals surface area (Å²) in [5.41, 5.74) is 0.0962. The van der Waals surface area contributed by atoms with Gasteiger partial charge in [0.25, 0.3) is 0 Å². The molecule has 1 saturated heterocycles. The van der Waals surface area contributed by atoms with Crippen LogP contribution in [0.25, 0.3) is 0 Å². The second-order valence-electron chi connectivity index (χ2n) is 7.86. The van der Waals surface area contributed by atoms with Gasteiger partial charge in [0.1, 0.15) is 5.82 Å². The maximum atomic E-state index is 14.0. The van der Waals surface area contributed by atoms with Crippen LogP contribution >= 0.6 is 0 Å². The second kappa shape index (κ2) is 7.98. The lowest BCUT2D eigenvalue weighted by molar-refractivity contribution is -0.138. The highest BCUT2D eigenvalue weighted by Crippen LogP contribution is 2.25. The summed E-state index contributed by atoms with van der Waals surface area (Å²) in [6.45, 7) is 9.15. The Bertz CT molecular complexity index is 628. The maximum absolute atomic E-state index is 14.0. The number of nitrogens with one attached hydrogen (secondary N) is 1. The molecule has 0 spiro atoms. The molecule has 0 aromatic heterocycles. The van der Waals surface area contributed by atoms with Gasteiger partial charge >= 0.3 is 0 Å². The van der Waals surface area contributed by atoms with Gasteiger partial charge in [0, 0.05) is 31.0 Å². The van der Waals surface area contributed by atoms with Crippen molar-refractivity contribution in [3.8, 4) is 0 Å². The summed E-state index contributed by atoms with van der Waals surface area (Å²) in [7, 11) is 0. The Morgan fingerprint density at radius 3 is 2.64 bits per heavy atom. The van der Waals surface area contributed by atoms with Gasteiger partial charge in [0.2, 0.25) is 11.8 Å². The first kappa shape index (κ1) is 19.4. The summed E-state index contributed by atoms with van der Waals surface area (Å²) in [6.07, 6.45) is 1.63. The summed E-state index contributed by atoms with van der Waals surface area (Å²) in [6, 6.07) is 6.66. The molecular weight excluding hydrogens is 319 g/mol. The first-order valence-corrected chi connectivity index (χ1v) is 9.04. The number of amides is 2. The minimum absolute atomic E-state index is 0.0503. The Labute approximate surface area is 149 Å². The molecule has 1 aromatic rings. The standard InChI is InChI=1S/C20H29FN2O2/c1-14(2)19(25)23-11-7-8-15(12-23)18(24)22-13-20(3,4)16-9-5-6-10-17(16)21/h5-6,9-10,14-15H,7-8,11-13H2,1-4H3,(H,22,24)/t15-/m1/s1. The number of piperidine rings is 1. The molecule has 2 rings (SSSR count). The van der Waals surface area contributed by atoms with Gasteiger partial charge in [0.15, 0.2) is 0 Å². The first-order chi connectivity index (χ1) is 11.7. The topological polar surface area (TPSA) is 49.4 Å². The van der Waals surface area contributed by atoms with Crippen LogP contribution in [-0.2, 0) is 15.0 Å². The first-order valence-electron chi connectivity index (χ1n) is 9.04. The van der Waals surface area contributed by atoms with Gasteiger partial charge in [-0.1, -0.05) is 45.9 Å². The number of hydrogen-bond acceptors (Lipinski definition) is 2. The summed E-state index contributed by atoms with van der Waals surface area (Å²) in [5, 5.41) is 2.96. The zero-order valence-electron chi connectivity index (χ0n) is 15.6. The van der Waals surface area contributed by atoms with Crippen LogP contribution in [0.3, 0.4) is 0 Å². The monoisotopic (exact) mass is 348 g/mol. The lowest BCUT2D eigenvalue weighted by Gasteiger charge is -2.34. The third-order valence-electron chi connectivity index (χ3n) is 4.91. The minimum Gasteiger partial charge on any atom is -0.355 e. The fourth-order valence-electron chi connectivity index (χ4n) is 3.31. The van der Waals surface area contributed by atoms with Crippen molar-refractivity contribution < 1.29 is 14.0 Å². The average molecular weight is 348 g/mol. The lowest BCUT2D eigenvalue weighted by atomic mass is 9.84. The number of likely N-dealkylation sites (tertiary alicyclic amines) is 1. The van der Waals surface area contributed by atoms with Crippen molar-refractivity contribution >= 4 is 11.8 Å². The molecule has 0 unspecified atom stereocenters. The molecule has 1 N–H and O–H groups in total. The van der Waals surface area contributed by atoms with E-state index in [1.54, 1.807) is 23.1 Å². The second-order valence-corrected chi connectivity index (χ2v) is 7.86. The minimum atomic E-state index is -0.497. The zero-order valence-corrected chi connectivity index (χ0v) is 15.6. The highest BCUT2D eigenvalue weighted by molar-refractivity contribution is 5.82. The largest absolute Gasteiger partial charge is 0.355 e. The van der Waals surface area contributed by atoms with E-state index in [0.717, 1.165) is 19.4 Å². The van der Waals surface area contributed by atoms with E-state index in [1.165, 1.54) is 6.07 Å². The van der Waals surface area contributed by atoms with Crippen LogP contribution in [0, 0.1) is 17.7 Å². The lowest BCUT2D eigenvalue weighted by Crippen LogP contribution is -2.48. The third-order valence-corrected chi connectivity index (χ3v) is 4.91. The van der Waals surface area contributed by atoms with Gasteiger partial charge in [-0.25, -0.2) is 4.39 Å². The van der Waals surface area contributed by atoms with Crippen molar-refractivity contribution in [1.29, 1.82) is 0 Å². The molecule has 1 atom stereocenters. The third kappa shape index (κ3) is 4.80. The van der Waals surface area contributed by atoms with E-state index < -0.39 is 5.41 Å². The van der Waals surface area contributed by atoms with Crippen LogP contribution in [0.1, 0.15) is 46.1 Å². The highest BCUT2D eigenvalue weighted by atomic mass is 19.1. The smallest absolute Gasteiger partial charge is 0.225 e. The van der Waals surface area contributed by atoms with E-state index in [2.05, 4.69) is 5.32 Å². The molecule has 25 heavy (non-hydrogen) atoms. The van der Waals surface area contributed by atoms with Crippen molar-refractivity contribution in [3.63, 3.8) is 0 Å². The molecule has 5 heteroatoms. The zero-order chi connectivity index (χ0) is 18.6. The van der Waals surface area contributed by atoms with E-state index >= 15 is 0 Å². The average Bonchev–Trinajstić information content (AvgIpc) is 2.59. The number of benzene rings is 1. The molecule has 0 aliphatic carbocycles. The molecule has 0 radical (unpaired) electrons. The fraction of sp³-hybridized carbons (Fsp3) is 0.600. The highest BCUT2D eigenvalue weighted by Gasteiger charge is 2.31. The molecule has 2 amide bonds. The molecule has 4 nitrogen and oxygen atoms in total. The Morgan fingerprint density at radius 2 is 2.00 bits per heavy atom. The van der Waals surface area contributed by atoms with E-state index in [9.17, 15) is 14.0 Å². The van der Waals surface area contributed by atoms with Crippen molar-refractivity contribution in [1.82, 2.24) is 10.2 Å². The fourth-order valence-corrected chi connectivity index (χ4v) is 3.31. The maximum Gasteiger partial charge on any atom is 0.225 e. The summed E-state index contributed by atoms with van der Waals surface area (Å²) in [4.78, 5) is 26.5. The van der Waals surface area contributed by atoms with Gasteiger partial charge in [-0.15, -0.1) is 0 Å². The Morgan fingerprint density at radius 1 is 1.32 bits per heavy atom. The molecule has 1 aromatic carbocycles. The molecule has 0 bridgehead atoms. The number of nitrogens with zero attached hydrogens (tertiary/aromatic N) is 1. The number of rotatable bonds is 5. The molecule has 1 aliphatic rings. The predicted molar refractivity (Wildman–Crippen MR) is 96.6 cm³/mol. The van der Waals surface area contributed by atoms with Crippen molar-refractivity contribution in [2.24, 2.45) is 11.8 Å². The van der Waals surface area contributed by atoms with Gasteiger partial charge in [-0.2, -0.15) is 0 Å². The van der Waals surface area contributed by atoms with E-state index in [0.29, 0.717) is 18.7 Å². The Balaban J connectivity index is 1.95. The quantitative estimate of drug-likeness (QED) is 0.889. The predicted octanol–water partition coefficient (Wildman–Crippen LogP) is 3.11. The van der Waals surface area contributed by atoms with Crippen LogP contribution in [0.4, 0.5) is 4.39 Å². The molecule has 1 aliphatic heterocycles. The number of carbonyl (C=O) groups is 2. The summed E-state index contributed by atoms with van der Waals surface area (Å²) >= 11 is 0. The van der Waals surface area contributed by atoms with Crippen LogP contribution < -0.4 is 5.32 Å². The van der Waals surface area contributed by atoms with Crippen molar-refractivity contribution in [2.75, 3.05) is 19.6 Å². The van der Waals surface area contributed by atoms with Gasteiger partial charge in [0.05, 0.1) is 5.92 Å².